The van der Waals surface area contributed by atoms with Gasteiger partial charge in [-0.25, -0.2) is 12.8 Å². The Hall–Kier alpha value is -4.56. The molecule has 0 aromatic heterocycles. The lowest BCUT2D eigenvalue weighted by atomic mass is 9.49. The average molecular weight is 1040 g/mol. The van der Waals surface area contributed by atoms with Crippen LogP contribution in [0.2, 0.25) is 5.02 Å². The van der Waals surface area contributed by atoms with Gasteiger partial charge in [-0.05, 0) is 98.5 Å². The highest BCUT2D eigenvalue weighted by Crippen LogP contribution is 2.56. The Morgan fingerprint density at radius 3 is 2.37 bits per heavy atom. The highest BCUT2D eigenvalue weighted by Gasteiger charge is 2.64. The lowest BCUT2D eigenvalue weighted by Crippen LogP contribution is -2.75. The Morgan fingerprint density at radius 2 is 1.67 bits per heavy atom. The molecule has 4 unspecified atom stereocenters. The number of benzene rings is 3. The number of nitrogens with zero attached hydrogens (tertiary/aromatic N) is 4. The average Bonchev–Trinajstić information content (AvgIpc) is 3.87. The molecule has 4 heterocycles. The maximum Gasteiger partial charge on any atom is 0.244 e. The van der Waals surface area contributed by atoms with Gasteiger partial charge in [-0.2, -0.15) is 5.26 Å². The van der Waals surface area contributed by atoms with Crippen LogP contribution in [0.15, 0.2) is 65.7 Å². The first kappa shape index (κ1) is 54.7. The van der Waals surface area contributed by atoms with E-state index in [-0.39, 0.29) is 69.4 Å². The molecule has 3 aromatic carbocycles. The first-order valence-electron chi connectivity index (χ1n) is 26.8. The molecule has 1 aliphatic carbocycles. The number of carbonyl (C=O) groups is 2. The van der Waals surface area contributed by atoms with Crippen molar-refractivity contribution in [2.75, 3.05) is 52.1 Å². The van der Waals surface area contributed by atoms with Gasteiger partial charge in [0.2, 0.25) is 11.8 Å². The second-order valence-corrected chi connectivity index (χ2v) is 25.1. The van der Waals surface area contributed by atoms with Crippen LogP contribution in [0.4, 0.5) is 4.39 Å². The maximum absolute atomic E-state index is 15.9. The van der Waals surface area contributed by atoms with E-state index >= 15 is 4.39 Å². The van der Waals surface area contributed by atoms with Crippen molar-refractivity contribution in [1.82, 2.24) is 30.7 Å². The van der Waals surface area contributed by atoms with E-state index in [0.717, 1.165) is 57.3 Å². The van der Waals surface area contributed by atoms with Gasteiger partial charge in [0.1, 0.15) is 41.5 Å². The SMILES string of the molecule is CCCCCCCCN1CC(C(=O)NC2C(C)(C)C(Oc3ccc(C#N)c(Cl)c3)C2(C)C)CNC1N1CCC(CCc2ccc(Oc3ccc(S(=O)(=O)CC)cc3C3=CN(C)C(=O)C4NCCC34)cc2F)CC1. The molecule has 8 rings (SSSR count). The van der Waals surface area contributed by atoms with Gasteiger partial charge in [0, 0.05) is 86.5 Å². The number of rotatable bonds is 20. The zero-order valence-electron chi connectivity index (χ0n) is 43.9. The number of halogens is 2. The zero-order chi connectivity index (χ0) is 52.2. The molecule has 1 saturated carbocycles. The molecule has 4 atom stereocenters. The number of hydrogen-bond acceptors (Lipinski definition) is 11. The van der Waals surface area contributed by atoms with E-state index in [0.29, 0.717) is 70.9 Å². The normalized spacial score (nSPS) is 25.3. The number of unbranched alkanes of at least 4 members (excludes halogenated alkanes) is 5. The number of nitrogens with one attached hydrogen (secondary N) is 3. The molecule has 4 aliphatic heterocycles. The van der Waals surface area contributed by atoms with E-state index in [4.69, 9.17) is 21.1 Å². The standard InChI is InChI=1S/C57H77ClFN7O6S/c1-8-10-11-12-13-14-27-66-35-40(51(67)63-53-56(3,4)54(57(53,5)6)72-41-20-18-39(33-60)47(58)30-41)34-62-55(66)65-28-24-37(25-29-65)15-16-38-17-19-42(31-48(38)59)71-49-22-21-43(73(69,70)9-2)32-45(49)46-36-64(7)52(68)50-44(46)23-26-61-50/h17-22,30-32,36-37,40,44,50,53-55,61-62H,8-16,23-29,34-35H2,1-7H3,(H,63,67). The number of ether oxygens (including phenoxy) is 2. The molecule has 2 amide bonds. The Morgan fingerprint density at radius 1 is 0.945 bits per heavy atom. The summed E-state index contributed by atoms with van der Waals surface area (Å²) in [5, 5.41) is 20.3. The quantitative estimate of drug-likeness (QED) is 0.0927. The van der Waals surface area contributed by atoms with E-state index in [1.165, 1.54) is 49.1 Å². The second kappa shape index (κ2) is 23.1. The zero-order valence-corrected chi connectivity index (χ0v) is 45.5. The van der Waals surface area contributed by atoms with Gasteiger partial charge in [0.05, 0.1) is 33.2 Å². The van der Waals surface area contributed by atoms with Crippen LogP contribution in [0, 0.1) is 45.7 Å². The number of piperidine rings is 1. The molecule has 73 heavy (non-hydrogen) atoms. The topological polar surface area (TPSA) is 156 Å². The number of nitriles is 1. The monoisotopic (exact) mass is 1040 g/mol. The Labute approximate surface area is 438 Å². The number of aryl methyl sites for hydroxylation is 1. The van der Waals surface area contributed by atoms with E-state index in [1.807, 2.05) is 0 Å². The maximum atomic E-state index is 15.9. The third-order valence-electron chi connectivity index (χ3n) is 16.6. The molecular formula is C57H77ClFN7O6S. The summed E-state index contributed by atoms with van der Waals surface area (Å²) in [4.78, 5) is 33.9. The van der Waals surface area contributed by atoms with E-state index in [1.54, 1.807) is 62.6 Å². The number of hydrogen-bond donors (Lipinski definition) is 3. The number of likely N-dealkylation sites (N-methyl/N-ethyl adjacent to an activating group) is 1. The summed E-state index contributed by atoms with van der Waals surface area (Å²) in [6.07, 6.45) is 13.0. The highest BCUT2D eigenvalue weighted by atomic mass is 35.5. The number of sulfone groups is 1. The fourth-order valence-corrected chi connectivity index (χ4v) is 13.7. The van der Waals surface area contributed by atoms with Crippen molar-refractivity contribution in [2.24, 2.45) is 28.6 Å². The van der Waals surface area contributed by atoms with E-state index in [2.05, 4.69) is 66.4 Å². The Balaban J connectivity index is 0.867. The molecule has 0 bridgehead atoms. The molecule has 0 spiro atoms. The third-order valence-corrected chi connectivity index (χ3v) is 18.6. The van der Waals surface area contributed by atoms with Crippen LogP contribution in [-0.4, -0.2) is 111 Å². The molecule has 13 nitrogen and oxygen atoms in total. The van der Waals surface area contributed by atoms with Crippen molar-refractivity contribution >= 4 is 38.8 Å². The number of amides is 2. The molecule has 3 N–H and O–H groups in total. The highest BCUT2D eigenvalue weighted by molar-refractivity contribution is 7.91. The van der Waals surface area contributed by atoms with Gasteiger partial charge in [-0.3, -0.25) is 24.7 Å². The molecule has 16 heteroatoms. The Kier molecular flexibility index (Phi) is 17.3. The molecular weight excluding hydrogens is 965 g/mol. The van der Waals surface area contributed by atoms with Crippen LogP contribution in [0.5, 0.6) is 17.2 Å². The summed E-state index contributed by atoms with van der Waals surface area (Å²) in [5.74, 6) is 1.03. The Bertz CT molecular complexity index is 2650. The summed E-state index contributed by atoms with van der Waals surface area (Å²) < 4.78 is 54.8. The predicted octanol–water partition coefficient (Wildman–Crippen LogP) is 9.54. The van der Waals surface area contributed by atoms with Crippen molar-refractivity contribution in [1.29, 1.82) is 5.26 Å². The van der Waals surface area contributed by atoms with Crippen molar-refractivity contribution < 1.29 is 31.9 Å². The summed E-state index contributed by atoms with van der Waals surface area (Å²) in [7, 11) is -1.84. The van der Waals surface area contributed by atoms with Crippen LogP contribution in [0.25, 0.3) is 5.57 Å². The summed E-state index contributed by atoms with van der Waals surface area (Å²) >= 11 is 6.34. The number of likely N-dealkylation sites (tertiary alicyclic amines) is 1. The van der Waals surface area contributed by atoms with Crippen molar-refractivity contribution in [3.63, 3.8) is 0 Å². The summed E-state index contributed by atoms with van der Waals surface area (Å²) in [6.45, 7) is 17.1. The van der Waals surface area contributed by atoms with Gasteiger partial charge < -0.3 is 25.0 Å². The molecule has 0 radical (unpaired) electrons. The third kappa shape index (κ3) is 12.0. The van der Waals surface area contributed by atoms with Gasteiger partial charge in [0.25, 0.3) is 0 Å². The van der Waals surface area contributed by atoms with Crippen LogP contribution in [0.3, 0.4) is 0 Å². The fourth-order valence-electron chi connectivity index (χ4n) is 12.6. The predicted molar refractivity (Wildman–Crippen MR) is 284 cm³/mol. The smallest absolute Gasteiger partial charge is 0.244 e. The van der Waals surface area contributed by atoms with Gasteiger partial charge in [0.15, 0.2) is 9.84 Å². The molecule has 3 saturated heterocycles. The summed E-state index contributed by atoms with van der Waals surface area (Å²) in [5.41, 5.74) is 1.71. The van der Waals surface area contributed by atoms with Crippen molar-refractivity contribution in [3.8, 4) is 23.3 Å². The van der Waals surface area contributed by atoms with E-state index in [9.17, 15) is 23.3 Å². The van der Waals surface area contributed by atoms with Gasteiger partial charge >= 0.3 is 0 Å². The van der Waals surface area contributed by atoms with Crippen LogP contribution in [-0.2, 0) is 25.8 Å². The van der Waals surface area contributed by atoms with Crippen molar-refractivity contribution in [3.05, 3.63) is 88.3 Å². The minimum atomic E-state index is -3.54. The molecule has 396 valence electrons. The molecule has 3 aromatic rings. The second-order valence-electron chi connectivity index (χ2n) is 22.4. The van der Waals surface area contributed by atoms with E-state index < -0.39 is 15.9 Å². The van der Waals surface area contributed by atoms with Gasteiger partial charge in [-0.15, -0.1) is 0 Å². The lowest BCUT2D eigenvalue weighted by molar-refractivity contribution is -0.175. The largest absolute Gasteiger partial charge is 0.489 e. The number of carbonyl (C=O) groups excluding carboxylic acids is 2. The minimum Gasteiger partial charge on any atom is -0.489 e. The van der Waals surface area contributed by atoms with Crippen LogP contribution >= 0.6 is 11.6 Å². The molecule has 5 aliphatic rings. The van der Waals surface area contributed by atoms with Crippen molar-refractivity contribution in [2.45, 2.75) is 142 Å². The minimum absolute atomic E-state index is 0.0349. The first-order chi connectivity index (χ1) is 34.9. The lowest BCUT2D eigenvalue weighted by Gasteiger charge is -2.63. The van der Waals surface area contributed by atoms with Crippen LogP contribution in [0.1, 0.15) is 122 Å². The van der Waals surface area contributed by atoms with Gasteiger partial charge in [-0.1, -0.05) is 91.3 Å². The van der Waals surface area contributed by atoms with Crippen LogP contribution < -0.4 is 25.4 Å². The molecule has 4 fully saturated rings. The fraction of sp³-hybridized carbons (Fsp3) is 0.596. The first-order valence-corrected chi connectivity index (χ1v) is 28.8. The number of fused-ring (bicyclic) bond motifs is 1. The summed E-state index contributed by atoms with van der Waals surface area (Å²) in [6, 6.07) is 16.5.